The van der Waals surface area contributed by atoms with Gasteiger partial charge in [-0.1, -0.05) is 11.6 Å². The molecule has 2 saturated heterocycles. The van der Waals surface area contributed by atoms with Crippen LogP contribution >= 0.6 is 0 Å². The van der Waals surface area contributed by atoms with Gasteiger partial charge in [-0.2, -0.15) is 0 Å². The number of anilines is 1. The number of piperidine rings is 1. The summed E-state index contributed by atoms with van der Waals surface area (Å²) in [5.74, 6) is 0.213. The number of rotatable bonds is 8. The van der Waals surface area contributed by atoms with Crippen LogP contribution in [0.1, 0.15) is 107 Å². The molecule has 1 atom stereocenters. The van der Waals surface area contributed by atoms with Gasteiger partial charge in [0.25, 0.3) is 0 Å². The number of nitrogens with zero attached hydrogens (tertiary/aromatic N) is 2. The molecule has 2 fully saturated rings. The van der Waals surface area contributed by atoms with Crippen molar-refractivity contribution in [3.8, 4) is 0 Å². The van der Waals surface area contributed by atoms with E-state index in [1.807, 2.05) is 34.6 Å². The third-order valence-electron chi connectivity index (χ3n) is 8.98. The van der Waals surface area contributed by atoms with Crippen molar-refractivity contribution < 1.29 is 23.9 Å². The number of ketones is 2. The molecule has 0 saturated carbocycles. The van der Waals surface area contributed by atoms with Crippen molar-refractivity contribution in [1.29, 1.82) is 0 Å². The van der Waals surface area contributed by atoms with Gasteiger partial charge >= 0.3 is 6.09 Å². The van der Waals surface area contributed by atoms with Crippen LogP contribution in [0.5, 0.6) is 0 Å². The van der Waals surface area contributed by atoms with Gasteiger partial charge in [0.2, 0.25) is 0 Å². The van der Waals surface area contributed by atoms with Crippen molar-refractivity contribution in [3.05, 3.63) is 52.1 Å². The van der Waals surface area contributed by atoms with E-state index in [-0.39, 0.29) is 29.5 Å². The lowest BCUT2D eigenvalue weighted by atomic mass is 9.83. The fourth-order valence-electron chi connectivity index (χ4n) is 6.72. The maximum atomic E-state index is 13.9. The third-order valence-corrected chi connectivity index (χ3v) is 8.98. The lowest BCUT2D eigenvalue weighted by molar-refractivity contribution is -0.117. The number of ether oxygens (including phenoxy) is 2. The second-order valence-corrected chi connectivity index (χ2v) is 13.3. The summed E-state index contributed by atoms with van der Waals surface area (Å²) < 4.78 is 11.3. The summed E-state index contributed by atoms with van der Waals surface area (Å²) in [4.78, 5) is 43.5. The zero-order valence-corrected chi connectivity index (χ0v) is 26.8. The smallest absolute Gasteiger partial charge is 0.410 e. The first kappa shape index (κ1) is 32.0. The molecule has 1 aromatic rings. The number of likely N-dealkylation sites (tertiary alicyclic amines) is 1. The van der Waals surface area contributed by atoms with Crippen molar-refractivity contribution in [2.45, 2.75) is 105 Å². The molecule has 0 aromatic heterocycles. The van der Waals surface area contributed by atoms with Crippen LogP contribution in [0.25, 0.3) is 0 Å². The number of benzene rings is 1. The van der Waals surface area contributed by atoms with Crippen LogP contribution in [0, 0.1) is 12.8 Å². The molecule has 2 heterocycles. The highest BCUT2D eigenvalue weighted by Gasteiger charge is 2.31. The highest BCUT2D eigenvalue weighted by molar-refractivity contribution is 6.00. The number of hydrogen-bond acceptors (Lipinski definition) is 6. The zero-order valence-electron chi connectivity index (χ0n) is 26.8. The Morgan fingerprint density at radius 2 is 1.69 bits per heavy atom. The zero-order chi connectivity index (χ0) is 30.6. The van der Waals surface area contributed by atoms with E-state index in [1.165, 1.54) is 0 Å². The van der Waals surface area contributed by atoms with Crippen LogP contribution in [0.3, 0.4) is 0 Å². The van der Waals surface area contributed by atoms with E-state index < -0.39 is 5.60 Å². The standard InChI is InChI=1S/C35H50N2O5/c1-8-37(28-13-17-41-18-14-28)31-22-27(26-11-15-36(16-12-26)34(40)42-35(5,6)7)21-30(25(31)4)32(38)10-9-29-24(3)19-23(2)20-33(29)39/h19-22,26,28-29H,8-18H2,1-7H3. The minimum absolute atomic E-state index is 0.0942. The molecule has 0 spiro atoms. The van der Waals surface area contributed by atoms with Crippen LogP contribution in [0.2, 0.25) is 0 Å². The molecule has 230 valence electrons. The first-order valence-corrected chi connectivity index (χ1v) is 15.8. The minimum Gasteiger partial charge on any atom is -0.444 e. The van der Waals surface area contributed by atoms with Crippen LogP contribution in [-0.2, 0) is 14.3 Å². The van der Waals surface area contributed by atoms with E-state index in [0.717, 1.165) is 79.0 Å². The van der Waals surface area contributed by atoms with Crippen LogP contribution in [0.15, 0.2) is 35.4 Å². The van der Waals surface area contributed by atoms with E-state index in [0.29, 0.717) is 32.0 Å². The average molecular weight is 579 g/mol. The summed E-state index contributed by atoms with van der Waals surface area (Å²) in [5, 5.41) is 0. The Balaban J connectivity index is 1.59. The maximum Gasteiger partial charge on any atom is 0.410 e. The molecule has 1 aliphatic carbocycles. The predicted octanol–water partition coefficient (Wildman–Crippen LogP) is 7.17. The summed E-state index contributed by atoms with van der Waals surface area (Å²) in [6, 6.07) is 4.77. The lowest BCUT2D eigenvalue weighted by Gasteiger charge is -2.38. The maximum absolute atomic E-state index is 13.9. The molecule has 4 rings (SSSR count). The molecule has 42 heavy (non-hydrogen) atoms. The van der Waals surface area contributed by atoms with Crippen molar-refractivity contribution >= 4 is 23.3 Å². The molecule has 7 nitrogen and oxygen atoms in total. The summed E-state index contributed by atoms with van der Waals surface area (Å²) in [5.41, 5.74) is 5.56. The Bertz CT molecular complexity index is 1230. The molecule has 7 heteroatoms. The van der Waals surface area contributed by atoms with Gasteiger partial charge in [0.15, 0.2) is 11.6 Å². The van der Waals surface area contributed by atoms with Crippen molar-refractivity contribution in [2.24, 2.45) is 5.92 Å². The van der Waals surface area contributed by atoms with Gasteiger partial charge in [0, 0.05) is 62.5 Å². The largest absolute Gasteiger partial charge is 0.444 e. The monoisotopic (exact) mass is 578 g/mol. The molecular weight excluding hydrogens is 528 g/mol. The summed E-state index contributed by atoms with van der Waals surface area (Å²) in [6.07, 6.45) is 7.93. The Kier molecular flexibility index (Phi) is 10.3. The number of carbonyl (C=O) groups excluding carboxylic acids is 3. The van der Waals surface area contributed by atoms with E-state index in [4.69, 9.17) is 9.47 Å². The summed E-state index contributed by atoms with van der Waals surface area (Å²) in [7, 11) is 0. The van der Waals surface area contributed by atoms with Crippen LogP contribution in [0.4, 0.5) is 10.5 Å². The molecule has 2 aliphatic heterocycles. The third kappa shape index (κ3) is 7.71. The molecule has 3 aliphatic rings. The Labute approximate surface area is 252 Å². The first-order chi connectivity index (χ1) is 19.9. The highest BCUT2D eigenvalue weighted by atomic mass is 16.6. The quantitative estimate of drug-likeness (QED) is 0.305. The van der Waals surface area contributed by atoms with Gasteiger partial charge in [-0.15, -0.1) is 0 Å². The second-order valence-electron chi connectivity index (χ2n) is 13.3. The van der Waals surface area contributed by atoms with E-state index in [1.54, 1.807) is 11.0 Å². The molecule has 1 aromatic carbocycles. The summed E-state index contributed by atoms with van der Waals surface area (Å²) >= 11 is 0. The Morgan fingerprint density at radius 1 is 1.02 bits per heavy atom. The predicted molar refractivity (Wildman–Crippen MR) is 167 cm³/mol. The molecule has 1 unspecified atom stereocenters. The second kappa shape index (κ2) is 13.6. The Hall–Kier alpha value is -2.93. The fourth-order valence-corrected chi connectivity index (χ4v) is 6.72. The van der Waals surface area contributed by atoms with Crippen molar-refractivity contribution in [3.63, 3.8) is 0 Å². The fraction of sp³-hybridized carbons (Fsp3) is 0.629. The van der Waals surface area contributed by atoms with Gasteiger partial charge in [-0.05, 0) is 121 Å². The average Bonchev–Trinajstić information content (AvgIpc) is 2.93. The molecular formula is C35H50N2O5. The van der Waals surface area contributed by atoms with Gasteiger partial charge < -0.3 is 19.3 Å². The van der Waals surface area contributed by atoms with E-state index >= 15 is 0 Å². The number of carbonyl (C=O) groups is 3. The molecule has 0 bridgehead atoms. The van der Waals surface area contributed by atoms with E-state index in [2.05, 4.69) is 37.0 Å². The van der Waals surface area contributed by atoms with Crippen molar-refractivity contribution in [2.75, 3.05) is 37.7 Å². The van der Waals surface area contributed by atoms with E-state index in [9.17, 15) is 14.4 Å². The lowest BCUT2D eigenvalue weighted by Crippen LogP contribution is -2.41. The van der Waals surface area contributed by atoms with Crippen LogP contribution in [-0.4, -0.2) is 67.1 Å². The van der Waals surface area contributed by atoms with Gasteiger partial charge in [0.05, 0.1) is 0 Å². The van der Waals surface area contributed by atoms with Gasteiger partial charge in [-0.25, -0.2) is 4.79 Å². The minimum atomic E-state index is -0.519. The normalized spacial score (nSPS) is 20.7. The molecule has 0 radical (unpaired) electrons. The Morgan fingerprint density at radius 3 is 2.29 bits per heavy atom. The summed E-state index contributed by atoms with van der Waals surface area (Å²) in [6.45, 7) is 17.5. The highest BCUT2D eigenvalue weighted by Crippen LogP contribution is 2.37. The van der Waals surface area contributed by atoms with Gasteiger partial charge in [0.1, 0.15) is 5.60 Å². The first-order valence-electron chi connectivity index (χ1n) is 15.8. The van der Waals surface area contributed by atoms with Crippen LogP contribution < -0.4 is 4.90 Å². The van der Waals surface area contributed by atoms with Gasteiger partial charge in [-0.3, -0.25) is 9.59 Å². The topological polar surface area (TPSA) is 76.2 Å². The number of amides is 1. The number of hydrogen-bond donors (Lipinski definition) is 0. The SMILES string of the molecule is CCN(c1cc(C2CCN(C(=O)OC(C)(C)C)CC2)cc(C(=O)CCC2C(=O)C=C(C)C=C2C)c1C)C1CCOCC1. The van der Waals surface area contributed by atoms with Crippen molar-refractivity contribution in [1.82, 2.24) is 4.90 Å². The molecule has 0 N–H and O–H groups in total. The molecule has 1 amide bonds. The number of Topliss-reactive ketones (excluding diaryl/α,β-unsaturated/α-hetero) is 1. The number of allylic oxidation sites excluding steroid dienone is 4.